The number of cyclic esters (lactones) is 1. The summed E-state index contributed by atoms with van der Waals surface area (Å²) in [4.78, 5) is 34.7. The maximum atomic E-state index is 11.9. The number of rotatable bonds is 6. The molecule has 2 N–H and O–H groups in total. The Morgan fingerprint density at radius 3 is 2.44 bits per heavy atom. The molecule has 1 aliphatic heterocycles. The molecular formula is C20H20N2O5. The molecule has 27 heavy (non-hydrogen) atoms. The number of esters is 1. The zero-order chi connectivity index (χ0) is 19.1. The van der Waals surface area contributed by atoms with E-state index in [9.17, 15) is 14.4 Å². The Bertz CT molecular complexity index is 822. The van der Waals surface area contributed by atoms with Crippen LogP contribution in [0.4, 0.5) is 0 Å². The van der Waals surface area contributed by atoms with Crippen molar-refractivity contribution in [2.75, 3.05) is 13.2 Å². The van der Waals surface area contributed by atoms with Gasteiger partial charge in [0.05, 0.1) is 13.0 Å². The van der Waals surface area contributed by atoms with Crippen LogP contribution in [0.2, 0.25) is 0 Å². The highest BCUT2D eigenvalue weighted by Crippen LogP contribution is 2.29. The fourth-order valence-electron chi connectivity index (χ4n) is 2.78. The van der Waals surface area contributed by atoms with Crippen molar-refractivity contribution in [2.45, 2.75) is 12.8 Å². The molecule has 1 aliphatic rings. The molecule has 0 radical (unpaired) electrons. The fourth-order valence-corrected chi connectivity index (χ4v) is 2.78. The Balaban J connectivity index is 1.47. The van der Waals surface area contributed by atoms with Gasteiger partial charge in [0.1, 0.15) is 5.75 Å². The van der Waals surface area contributed by atoms with Gasteiger partial charge in [-0.2, -0.15) is 0 Å². The van der Waals surface area contributed by atoms with Crippen molar-refractivity contribution in [3.63, 3.8) is 0 Å². The van der Waals surface area contributed by atoms with Crippen LogP contribution >= 0.6 is 0 Å². The highest BCUT2D eigenvalue weighted by atomic mass is 16.5. The van der Waals surface area contributed by atoms with Gasteiger partial charge in [0.15, 0.2) is 6.61 Å². The lowest BCUT2D eigenvalue weighted by molar-refractivity contribution is -0.138. The summed E-state index contributed by atoms with van der Waals surface area (Å²) in [5, 5.41) is 0. The number of ether oxygens (including phenoxy) is 2. The normalized spacial score (nSPS) is 15.7. The second kappa shape index (κ2) is 8.84. The van der Waals surface area contributed by atoms with Gasteiger partial charge in [0, 0.05) is 17.9 Å². The van der Waals surface area contributed by atoms with E-state index in [1.54, 1.807) is 6.07 Å². The number of para-hydroxylation sites is 1. The number of nitrogens with one attached hydrogen (secondary N) is 2. The molecule has 2 amide bonds. The van der Waals surface area contributed by atoms with Crippen molar-refractivity contribution in [3.8, 4) is 16.9 Å². The Kier molecular flexibility index (Phi) is 6.04. The van der Waals surface area contributed by atoms with Crippen LogP contribution in [0.25, 0.3) is 11.1 Å². The molecule has 140 valence electrons. The lowest BCUT2D eigenvalue weighted by Crippen LogP contribution is -2.44. The molecule has 7 nitrogen and oxygen atoms in total. The molecule has 2 aromatic carbocycles. The van der Waals surface area contributed by atoms with E-state index in [0.29, 0.717) is 5.75 Å². The Morgan fingerprint density at radius 2 is 1.70 bits per heavy atom. The topological polar surface area (TPSA) is 93.7 Å². The van der Waals surface area contributed by atoms with Gasteiger partial charge in [-0.05, 0) is 11.6 Å². The average Bonchev–Trinajstić information content (AvgIpc) is 3.10. The molecule has 2 aromatic rings. The summed E-state index contributed by atoms with van der Waals surface area (Å²) in [5.41, 5.74) is 6.49. The van der Waals surface area contributed by atoms with Crippen LogP contribution in [-0.2, 0) is 19.1 Å². The highest BCUT2D eigenvalue weighted by molar-refractivity contribution is 5.83. The van der Waals surface area contributed by atoms with Gasteiger partial charge < -0.3 is 9.47 Å². The standard InChI is InChI=1S/C20H20N2O5/c23-18(10-14-11-20(25)27-12-14)21-22-19(24)13-26-17-9-5-4-8-16(17)15-6-2-1-3-7-15/h1-9,14H,10-13H2,(H,21,23)(H,22,24)/t14-/m0/s1. The first kappa shape index (κ1) is 18.4. The van der Waals surface area contributed by atoms with Crippen LogP contribution in [-0.4, -0.2) is 31.0 Å². The van der Waals surface area contributed by atoms with E-state index < -0.39 is 5.91 Å². The van der Waals surface area contributed by atoms with Crippen LogP contribution in [0.3, 0.4) is 0 Å². The largest absolute Gasteiger partial charge is 0.483 e. The second-order valence-corrected chi connectivity index (χ2v) is 6.20. The molecule has 0 aromatic heterocycles. The third-order valence-electron chi connectivity index (χ3n) is 4.08. The lowest BCUT2D eigenvalue weighted by Gasteiger charge is -2.12. The highest BCUT2D eigenvalue weighted by Gasteiger charge is 2.25. The molecule has 1 fully saturated rings. The molecule has 1 heterocycles. The monoisotopic (exact) mass is 368 g/mol. The second-order valence-electron chi connectivity index (χ2n) is 6.20. The Morgan fingerprint density at radius 1 is 1.00 bits per heavy atom. The molecule has 0 aliphatic carbocycles. The zero-order valence-corrected chi connectivity index (χ0v) is 14.6. The number of carbonyl (C=O) groups is 3. The number of amides is 2. The zero-order valence-electron chi connectivity index (χ0n) is 14.6. The van der Waals surface area contributed by atoms with Gasteiger partial charge in [-0.3, -0.25) is 25.2 Å². The van der Waals surface area contributed by atoms with Crippen LogP contribution in [0.5, 0.6) is 5.75 Å². The maximum Gasteiger partial charge on any atom is 0.306 e. The van der Waals surface area contributed by atoms with E-state index in [-0.39, 0.29) is 43.8 Å². The van der Waals surface area contributed by atoms with Crippen LogP contribution < -0.4 is 15.6 Å². The summed E-state index contributed by atoms with van der Waals surface area (Å²) >= 11 is 0. The van der Waals surface area contributed by atoms with Gasteiger partial charge in [-0.1, -0.05) is 48.5 Å². The smallest absolute Gasteiger partial charge is 0.306 e. The molecule has 3 rings (SSSR count). The lowest BCUT2D eigenvalue weighted by atomic mass is 10.1. The van der Waals surface area contributed by atoms with Crippen LogP contribution in [0.1, 0.15) is 12.8 Å². The SMILES string of the molecule is O=C(COc1ccccc1-c1ccccc1)NNC(=O)C[C@@H]1COC(=O)C1. The minimum atomic E-state index is -0.482. The first-order valence-corrected chi connectivity index (χ1v) is 8.62. The summed E-state index contributed by atoms with van der Waals surface area (Å²) in [6.45, 7) is -0.00522. The van der Waals surface area contributed by atoms with Crippen LogP contribution in [0, 0.1) is 5.92 Å². The summed E-state index contributed by atoms with van der Waals surface area (Å²) < 4.78 is 10.4. The molecule has 1 saturated heterocycles. The van der Waals surface area contributed by atoms with Crippen molar-refractivity contribution < 1.29 is 23.9 Å². The van der Waals surface area contributed by atoms with Gasteiger partial charge in [-0.15, -0.1) is 0 Å². The van der Waals surface area contributed by atoms with Gasteiger partial charge in [-0.25, -0.2) is 0 Å². The molecule has 7 heteroatoms. The predicted molar refractivity (Wildman–Crippen MR) is 97.3 cm³/mol. The molecule has 1 atom stereocenters. The maximum absolute atomic E-state index is 11.9. The molecule has 0 bridgehead atoms. The van der Waals surface area contributed by atoms with Crippen LogP contribution in [0.15, 0.2) is 54.6 Å². The number of hydrogen-bond acceptors (Lipinski definition) is 5. The van der Waals surface area contributed by atoms with E-state index in [1.165, 1.54) is 0 Å². The number of hydrazine groups is 1. The molecular weight excluding hydrogens is 348 g/mol. The van der Waals surface area contributed by atoms with E-state index in [0.717, 1.165) is 11.1 Å². The Hall–Kier alpha value is -3.35. The van der Waals surface area contributed by atoms with E-state index in [2.05, 4.69) is 10.9 Å². The first-order chi connectivity index (χ1) is 13.1. The number of carbonyl (C=O) groups excluding carboxylic acids is 3. The fraction of sp³-hybridized carbons (Fsp3) is 0.250. The number of hydrogen-bond donors (Lipinski definition) is 2. The summed E-state index contributed by atoms with van der Waals surface area (Å²) in [5.74, 6) is -0.737. The van der Waals surface area contributed by atoms with Crippen molar-refractivity contribution in [1.29, 1.82) is 0 Å². The van der Waals surface area contributed by atoms with Crippen molar-refractivity contribution in [2.24, 2.45) is 5.92 Å². The van der Waals surface area contributed by atoms with Gasteiger partial charge >= 0.3 is 5.97 Å². The summed E-state index contributed by atoms with van der Waals surface area (Å²) in [6.07, 6.45) is 0.338. The van der Waals surface area contributed by atoms with Crippen molar-refractivity contribution >= 4 is 17.8 Å². The number of benzene rings is 2. The predicted octanol–water partition coefficient (Wildman–Crippen LogP) is 1.83. The summed E-state index contributed by atoms with van der Waals surface area (Å²) in [7, 11) is 0. The van der Waals surface area contributed by atoms with E-state index >= 15 is 0 Å². The molecule has 0 saturated carbocycles. The van der Waals surface area contributed by atoms with Gasteiger partial charge in [0.2, 0.25) is 5.91 Å². The first-order valence-electron chi connectivity index (χ1n) is 8.62. The minimum absolute atomic E-state index is 0.115. The van der Waals surface area contributed by atoms with Crippen molar-refractivity contribution in [1.82, 2.24) is 10.9 Å². The summed E-state index contributed by atoms with van der Waals surface area (Å²) in [6, 6.07) is 17.1. The van der Waals surface area contributed by atoms with E-state index in [1.807, 2.05) is 48.5 Å². The quantitative estimate of drug-likeness (QED) is 0.599. The molecule has 0 unspecified atom stereocenters. The molecule has 0 spiro atoms. The third-order valence-corrected chi connectivity index (χ3v) is 4.08. The van der Waals surface area contributed by atoms with Gasteiger partial charge in [0.25, 0.3) is 5.91 Å². The van der Waals surface area contributed by atoms with Crippen molar-refractivity contribution in [3.05, 3.63) is 54.6 Å². The minimum Gasteiger partial charge on any atom is -0.483 e. The average molecular weight is 368 g/mol. The Labute approximate surface area is 156 Å². The van der Waals surface area contributed by atoms with E-state index in [4.69, 9.17) is 9.47 Å². The third kappa shape index (κ3) is 5.31.